The van der Waals surface area contributed by atoms with Gasteiger partial charge in [0, 0.05) is 31.7 Å². The molecule has 0 unspecified atom stereocenters. The van der Waals surface area contributed by atoms with Crippen molar-refractivity contribution in [1.29, 1.82) is 0 Å². The van der Waals surface area contributed by atoms with Gasteiger partial charge >= 0.3 is 0 Å². The van der Waals surface area contributed by atoms with Crippen LogP contribution in [0.5, 0.6) is 0 Å². The summed E-state index contributed by atoms with van der Waals surface area (Å²) in [5.41, 5.74) is 2.53. The Morgan fingerprint density at radius 1 is 1.12 bits per heavy atom. The van der Waals surface area contributed by atoms with Gasteiger partial charge in [0.1, 0.15) is 0 Å². The molecule has 0 spiro atoms. The fraction of sp³-hybridized carbons (Fsp3) is 0.316. The number of para-hydroxylation sites is 1. The van der Waals surface area contributed by atoms with Crippen LogP contribution in [-0.2, 0) is 21.1 Å². The third-order valence-corrected chi connectivity index (χ3v) is 6.67. The molecule has 1 aliphatic rings. The summed E-state index contributed by atoms with van der Waals surface area (Å²) in [5, 5.41) is 2.98. The lowest BCUT2D eigenvalue weighted by Gasteiger charge is -2.19. The number of nitrogens with zero attached hydrogens (tertiary/aromatic N) is 1. The summed E-state index contributed by atoms with van der Waals surface area (Å²) < 4.78 is 24.6. The lowest BCUT2D eigenvalue weighted by atomic mass is 10.2. The predicted molar refractivity (Wildman–Crippen MR) is 103 cm³/mol. The zero-order chi connectivity index (χ0) is 18.6. The van der Waals surface area contributed by atoms with Crippen LogP contribution < -0.4 is 10.2 Å². The number of nitrogens with one attached hydrogen (secondary N) is 1. The summed E-state index contributed by atoms with van der Waals surface area (Å²) in [6, 6.07) is 14.5. The molecule has 2 aromatic rings. The topological polar surface area (TPSA) is 66.5 Å². The molecule has 5 nitrogen and oxygen atoms in total. The Morgan fingerprint density at radius 2 is 1.85 bits per heavy atom. The molecule has 0 aliphatic carbocycles. The molecule has 7 heteroatoms. The Morgan fingerprint density at radius 3 is 2.65 bits per heavy atom. The minimum atomic E-state index is -3.57. The summed E-state index contributed by atoms with van der Waals surface area (Å²) >= 11 is 5.94. The van der Waals surface area contributed by atoms with E-state index in [0.29, 0.717) is 13.1 Å². The Hall–Kier alpha value is -2.05. The molecule has 0 aromatic heterocycles. The van der Waals surface area contributed by atoms with E-state index in [9.17, 15) is 13.2 Å². The average molecular weight is 393 g/mol. The highest BCUT2D eigenvalue weighted by atomic mass is 35.5. The van der Waals surface area contributed by atoms with Crippen molar-refractivity contribution in [2.75, 3.05) is 30.3 Å². The molecule has 1 N–H and O–H groups in total. The first-order valence-corrected chi connectivity index (χ1v) is 10.6. The fourth-order valence-electron chi connectivity index (χ4n) is 3.09. The molecule has 0 radical (unpaired) electrons. The quantitative estimate of drug-likeness (QED) is 0.786. The zero-order valence-electron chi connectivity index (χ0n) is 14.3. The van der Waals surface area contributed by atoms with Crippen molar-refractivity contribution >= 4 is 33.0 Å². The van der Waals surface area contributed by atoms with E-state index < -0.39 is 9.84 Å². The van der Waals surface area contributed by atoms with Crippen molar-refractivity contribution in [2.24, 2.45) is 0 Å². The molecule has 0 fully saturated rings. The number of rotatable bonds is 7. The van der Waals surface area contributed by atoms with Crippen molar-refractivity contribution < 1.29 is 13.2 Å². The Labute approximate surface area is 158 Å². The standard InChI is InChI=1S/C19H21ClN2O3S/c20-16-6-2-4-8-18(16)26(24,25)14-10-19(23)21-11-13-22-12-9-15-5-1-3-7-17(15)22/h1-8H,9-14H2,(H,21,23). The molecule has 0 atom stereocenters. The minimum absolute atomic E-state index is 0.0724. The number of amides is 1. The van der Waals surface area contributed by atoms with Crippen LogP contribution in [-0.4, -0.2) is 39.7 Å². The lowest BCUT2D eigenvalue weighted by Crippen LogP contribution is -2.34. The number of anilines is 1. The molecule has 0 saturated carbocycles. The Balaban J connectivity index is 1.46. The SMILES string of the molecule is O=C(CCS(=O)(=O)c1ccccc1Cl)NCCN1CCc2ccccc21. The van der Waals surface area contributed by atoms with Crippen molar-refractivity contribution in [3.63, 3.8) is 0 Å². The predicted octanol–water partition coefficient (Wildman–Crippen LogP) is 2.68. The summed E-state index contributed by atoms with van der Waals surface area (Å²) in [4.78, 5) is 14.3. The first-order valence-electron chi connectivity index (χ1n) is 8.54. The molecule has 26 heavy (non-hydrogen) atoms. The van der Waals surface area contributed by atoms with Crippen LogP contribution in [0.15, 0.2) is 53.4 Å². The van der Waals surface area contributed by atoms with E-state index in [1.807, 2.05) is 12.1 Å². The largest absolute Gasteiger partial charge is 0.369 e. The number of benzene rings is 2. The van der Waals surface area contributed by atoms with Gasteiger partial charge in [-0.25, -0.2) is 8.42 Å². The summed E-state index contributed by atoms with van der Waals surface area (Å²) in [5.74, 6) is -0.525. The number of carbonyl (C=O) groups excluding carboxylic acids is 1. The molecular formula is C19H21ClN2O3S. The van der Waals surface area contributed by atoms with Crippen LogP contribution in [0.4, 0.5) is 5.69 Å². The van der Waals surface area contributed by atoms with Crippen LogP contribution in [0.2, 0.25) is 5.02 Å². The maximum absolute atomic E-state index is 12.3. The van der Waals surface area contributed by atoms with Gasteiger partial charge in [-0.2, -0.15) is 0 Å². The normalized spacial score (nSPS) is 13.5. The van der Waals surface area contributed by atoms with Gasteiger partial charge in [0.05, 0.1) is 15.7 Å². The molecule has 2 aromatic carbocycles. The van der Waals surface area contributed by atoms with Crippen LogP contribution in [0.25, 0.3) is 0 Å². The fourth-order valence-corrected chi connectivity index (χ4v) is 4.90. The first kappa shape index (κ1) is 18.7. The van der Waals surface area contributed by atoms with E-state index >= 15 is 0 Å². The summed E-state index contributed by atoms with van der Waals surface area (Å²) in [7, 11) is -3.57. The highest BCUT2D eigenvalue weighted by Gasteiger charge is 2.20. The second kappa shape index (κ2) is 8.10. The third-order valence-electron chi connectivity index (χ3n) is 4.46. The molecule has 1 heterocycles. The van der Waals surface area contributed by atoms with Gasteiger partial charge in [-0.15, -0.1) is 0 Å². The second-order valence-electron chi connectivity index (χ2n) is 6.22. The number of hydrogen-bond donors (Lipinski definition) is 1. The molecule has 3 rings (SSSR count). The van der Waals surface area contributed by atoms with Crippen molar-refractivity contribution in [1.82, 2.24) is 5.32 Å². The van der Waals surface area contributed by atoms with Gasteiger partial charge in [-0.3, -0.25) is 4.79 Å². The van der Waals surface area contributed by atoms with Gasteiger partial charge < -0.3 is 10.2 Å². The van der Waals surface area contributed by atoms with Crippen LogP contribution in [0.3, 0.4) is 0 Å². The maximum Gasteiger partial charge on any atom is 0.221 e. The number of hydrogen-bond acceptors (Lipinski definition) is 4. The van der Waals surface area contributed by atoms with Crippen molar-refractivity contribution in [2.45, 2.75) is 17.7 Å². The van der Waals surface area contributed by atoms with Gasteiger partial charge in [-0.05, 0) is 30.2 Å². The molecule has 1 aliphatic heterocycles. The lowest BCUT2D eigenvalue weighted by molar-refractivity contribution is -0.120. The number of sulfone groups is 1. The molecular weight excluding hydrogens is 372 g/mol. The second-order valence-corrected chi connectivity index (χ2v) is 8.70. The molecule has 1 amide bonds. The van der Waals surface area contributed by atoms with Crippen LogP contribution in [0.1, 0.15) is 12.0 Å². The van der Waals surface area contributed by atoms with Gasteiger partial charge in [-0.1, -0.05) is 41.9 Å². The van der Waals surface area contributed by atoms with Crippen molar-refractivity contribution in [3.8, 4) is 0 Å². The van der Waals surface area contributed by atoms with E-state index in [0.717, 1.165) is 13.0 Å². The van der Waals surface area contributed by atoms with E-state index in [1.54, 1.807) is 12.1 Å². The Kier molecular flexibility index (Phi) is 5.84. The Bertz CT molecular complexity index is 899. The molecule has 0 saturated heterocycles. The third kappa shape index (κ3) is 4.37. The van der Waals surface area contributed by atoms with Gasteiger partial charge in [0.15, 0.2) is 9.84 Å². The number of halogens is 1. The van der Waals surface area contributed by atoms with Crippen LogP contribution >= 0.6 is 11.6 Å². The summed E-state index contributed by atoms with van der Waals surface area (Å²) in [6.45, 7) is 2.13. The monoisotopic (exact) mass is 392 g/mol. The van der Waals surface area contributed by atoms with Gasteiger partial charge in [0.25, 0.3) is 0 Å². The van der Waals surface area contributed by atoms with E-state index in [1.165, 1.54) is 23.4 Å². The van der Waals surface area contributed by atoms with Crippen LogP contribution in [0, 0.1) is 0 Å². The van der Waals surface area contributed by atoms with Crippen molar-refractivity contribution in [3.05, 3.63) is 59.1 Å². The van der Waals surface area contributed by atoms with Gasteiger partial charge in [0.2, 0.25) is 5.91 Å². The first-order chi connectivity index (χ1) is 12.5. The number of fused-ring (bicyclic) bond motifs is 1. The summed E-state index contributed by atoms with van der Waals surface area (Å²) in [6.07, 6.45) is 0.935. The average Bonchev–Trinajstić information content (AvgIpc) is 3.04. The maximum atomic E-state index is 12.3. The van der Waals surface area contributed by atoms with E-state index in [-0.39, 0.29) is 28.0 Å². The zero-order valence-corrected chi connectivity index (χ0v) is 15.9. The smallest absolute Gasteiger partial charge is 0.221 e. The number of carbonyl (C=O) groups is 1. The van der Waals surface area contributed by atoms with E-state index in [2.05, 4.69) is 22.3 Å². The van der Waals surface area contributed by atoms with E-state index in [4.69, 9.17) is 11.6 Å². The molecule has 0 bridgehead atoms. The molecule has 138 valence electrons. The highest BCUT2D eigenvalue weighted by Crippen LogP contribution is 2.26. The highest BCUT2D eigenvalue weighted by molar-refractivity contribution is 7.91. The minimum Gasteiger partial charge on any atom is -0.369 e.